The largest absolute Gasteiger partial charge is 0.206 e. The zero-order chi connectivity index (χ0) is 21.5. The van der Waals surface area contributed by atoms with Crippen LogP contribution in [-0.4, -0.2) is 0 Å². The molecule has 3 aromatic rings. The molecule has 0 saturated heterocycles. The molecule has 0 aliphatic rings. The maximum Gasteiger partial charge on any atom is 0.134 e. The number of benzene rings is 3. The van der Waals surface area contributed by atoms with Crippen molar-refractivity contribution in [3.63, 3.8) is 0 Å². The Morgan fingerprint density at radius 2 is 1.33 bits per heavy atom. The second kappa shape index (κ2) is 10.5. The summed E-state index contributed by atoms with van der Waals surface area (Å²) in [5.41, 5.74) is 5.44. The fourth-order valence-corrected chi connectivity index (χ4v) is 3.93. The molecule has 0 saturated carbocycles. The number of hydrogen-bond acceptors (Lipinski definition) is 0. The van der Waals surface area contributed by atoms with Crippen molar-refractivity contribution >= 4 is 0 Å². The van der Waals surface area contributed by atoms with Crippen molar-refractivity contribution in [3.05, 3.63) is 82.9 Å². The average Bonchev–Trinajstić information content (AvgIpc) is 2.76. The molecule has 3 rings (SSSR count). The highest BCUT2D eigenvalue weighted by atomic mass is 19.1. The minimum absolute atomic E-state index is 0.239. The monoisotopic (exact) mass is 406 g/mol. The fraction of sp³-hybridized carbons (Fsp3) is 0.357. The topological polar surface area (TPSA) is 0 Å². The summed E-state index contributed by atoms with van der Waals surface area (Å²) in [6.07, 6.45) is 7.61. The van der Waals surface area contributed by atoms with Crippen molar-refractivity contribution < 1.29 is 8.78 Å². The van der Waals surface area contributed by atoms with E-state index in [0.717, 1.165) is 56.1 Å². The van der Waals surface area contributed by atoms with E-state index in [9.17, 15) is 4.39 Å². The third-order valence-electron chi connectivity index (χ3n) is 5.91. The van der Waals surface area contributed by atoms with Crippen molar-refractivity contribution in [2.45, 2.75) is 65.7 Å². The van der Waals surface area contributed by atoms with Crippen LogP contribution in [0.3, 0.4) is 0 Å². The van der Waals surface area contributed by atoms with Crippen LogP contribution < -0.4 is 0 Å². The lowest BCUT2D eigenvalue weighted by Crippen LogP contribution is -1.97. The summed E-state index contributed by atoms with van der Waals surface area (Å²) in [7, 11) is 0. The van der Waals surface area contributed by atoms with Crippen LogP contribution in [0.15, 0.2) is 54.6 Å². The molecule has 0 spiro atoms. The summed E-state index contributed by atoms with van der Waals surface area (Å²) >= 11 is 0. The molecule has 0 fully saturated rings. The lowest BCUT2D eigenvalue weighted by atomic mass is 9.94. The molecule has 158 valence electrons. The first-order valence-corrected chi connectivity index (χ1v) is 11.2. The van der Waals surface area contributed by atoms with Gasteiger partial charge in [-0.1, -0.05) is 81.6 Å². The first-order chi connectivity index (χ1) is 14.5. The summed E-state index contributed by atoms with van der Waals surface area (Å²) in [4.78, 5) is 0. The Morgan fingerprint density at radius 1 is 0.667 bits per heavy atom. The van der Waals surface area contributed by atoms with Crippen LogP contribution in [-0.2, 0) is 12.8 Å². The third-order valence-corrected chi connectivity index (χ3v) is 5.91. The van der Waals surface area contributed by atoms with Gasteiger partial charge in [0.2, 0.25) is 0 Å². The van der Waals surface area contributed by atoms with E-state index in [1.165, 1.54) is 11.6 Å². The molecule has 0 unspecified atom stereocenters. The summed E-state index contributed by atoms with van der Waals surface area (Å²) in [5.74, 6) is -0.561. The Kier molecular flexibility index (Phi) is 7.79. The average molecular weight is 407 g/mol. The van der Waals surface area contributed by atoms with Crippen LogP contribution >= 0.6 is 0 Å². The van der Waals surface area contributed by atoms with Gasteiger partial charge in [-0.15, -0.1) is 0 Å². The second-order valence-electron chi connectivity index (χ2n) is 8.16. The van der Waals surface area contributed by atoms with Crippen LogP contribution in [0.4, 0.5) is 8.78 Å². The summed E-state index contributed by atoms with van der Waals surface area (Å²) < 4.78 is 30.0. The Morgan fingerprint density at radius 3 is 2.00 bits per heavy atom. The molecule has 0 heterocycles. The van der Waals surface area contributed by atoms with Crippen molar-refractivity contribution in [3.8, 4) is 22.3 Å². The van der Waals surface area contributed by atoms with Gasteiger partial charge in [-0.25, -0.2) is 8.78 Å². The third kappa shape index (κ3) is 5.16. The Hall–Kier alpha value is -2.48. The summed E-state index contributed by atoms with van der Waals surface area (Å²) in [6, 6.07) is 16.9. The van der Waals surface area contributed by atoms with Crippen molar-refractivity contribution in [1.29, 1.82) is 0 Å². The highest BCUT2D eigenvalue weighted by molar-refractivity contribution is 5.72. The molecule has 2 heteroatoms. The maximum absolute atomic E-state index is 15.0. The summed E-state index contributed by atoms with van der Waals surface area (Å²) in [6.45, 7) is 6.16. The molecule has 0 nitrogen and oxygen atoms in total. The minimum Gasteiger partial charge on any atom is -0.206 e. The van der Waals surface area contributed by atoms with Gasteiger partial charge in [0, 0.05) is 11.1 Å². The summed E-state index contributed by atoms with van der Waals surface area (Å²) in [5, 5.41) is 0. The van der Waals surface area contributed by atoms with E-state index in [1.54, 1.807) is 12.1 Å². The van der Waals surface area contributed by atoms with Gasteiger partial charge in [0.15, 0.2) is 0 Å². The molecule has 30 heavy (non-hydrogen) atoms. The molecule has 0 bridgehead atoms. The van der Waals surface area contributed by atoms with Crippen LogP contribution in [0.1, 0.15) is 62.6 Å². The highest BCUT2D eigenvalue weighted by Gasteiger charge is 2.14. The van der Waals surface area contributed by atoms with E-state index in [2.05, 4.69) is 26.0 Å². The zero-order valence-corrected chi connectivity index (χ0v) is 18.4. The maximum atomic E-state index is 15.0. The second-order valence-corrected chi connectivity index (χ2v) is 8.16. The molecule has 3 aromatic carbocycles. The Labute approximate surface area is 180 Å². The number of rotatable bonds is 9. The number of halogens is 2. The molecule has 0 amide bonds. The fourth-order valence-electron chi connectivity index (χ4n) is 3.93. The van der Waals surface area contributed by atoms with E-state index in [0.29, 0.717) is 22.3 Å². The van der Waals surface area contributed by atoms with Crippen molar-refractivity contribution in [2.75, 3.05) is 0 Å². The lowest BCUT2D eigenvalue weighted by Gasteiger charge is -2.12. The van der Waals surface area contributed by atoms with Crippen LogP contribution in [0.2, 0.25) is 0 Å². The van der Waals surface area contributed by atoms with E-state index >= 15 is 4.39 Å². The Bertz CT molecular complexity index is 971. The molecular weight excluding hydrogens is 374 g/mol. The number of hydrogen-bond donors (Lipinski definition) is 0. The highest BCUT2D eigenvalue weighted by Crippen LogP contribution is 2.32. The number of unbranched alkanes of at least 4 members (excludes halogenated alkanes) is 3. The lowest BCUT2D eigenvalue weighted by molar-refractivity contribution is 0.614. The molecule has 0 aliphatic carbocycles. The van der Waals surface area contributed by atoms with Crippen molar-refractivity contribution in [1.82, 2.24) is 0 Å². The van der Waals surface area contributed by atoms with Gasteiger partial charge in [0.1, 0.15) is 11.6 Å². The SMILES string of the molecule is CCCCCc1ccc(-c2ccc(-c3ccc(CCCC)cc3)c(F)c2)c(F)c1C. The van der Waals surface area contributed by atoms with Crippen molar-refractivity contribution in [2.24, 2.45) is 0 Å². The molecule has 0 aromatic heterocycles. The molecule has 0 N–H and O–H groups in total. The smallest absolute Gasteiger partial charge is 0.134 e. The van der Waals surface area contributed by atoms with Gasteiger partial charge in [-0.2, -0.15) is 0 Å². The number of aryl methyl sites for hydroxylation is 2. The molecule has 0 aliphatic heterocycles. The van der Waals surface area contributed by atoms with Gasteiger partial charge in [-0.05, 0) is 66.5 Å². The van der Waals surface area contributed by atoms with Gasteiger partial charge in [0.05, 0.1) is 0 Å². The van der Waals surface area contributed by atoms with E-state index in [1.807, 2.05) is 31.2 Å². The first-order valence-electron chi connectivity index (χ1n) is 11.2. The first kappa shape index (κ1) is 22.2. The zero-order valence-electron chi connectivity index (χ0n) is 18.4. The van der Waals surface area contributed by atoms with Gasteiger partial charge in [0.25, 0.3) is 0 Å². The van der Waals surface area contributed by atoms with Crippen LogP contribution in [0, 0.1) is 18.6 Å². The quantitative estimate of drug-likeness (QED) is 0.312. The minimum atomic E-state index is -0.321. The van der Waals surface area contributed by atoms with Crippen LogP contribution in [0.25, 0.3) is 22.3 Å². The standard InChI is InChI=1S/C28H32F2/c1-4-6-8-10-22-15-18-26(28(30)20(22)3)24-16-17-25(27(29)19-24)23-13-11-21(12-14-23)9-7-5-2/h11-19H,4-10H2,1-3H3. The van der Waals surface area contributed by atoms with Gasteiger partial charge >= 0.3 is 0 Å². The van der Waals surface area contributed by atoms with E-state index in [4.69, 9.17) is 0 Å². The Balaban J connectivity index is 1.84. The predicted octanol–water partition coefficient (Wildman–Crippen LogP) is 8.68. The van der Waals surface area contributed by atoms with E-state index < -0.39 is 0 Å². The molecule has 0 atom stereocenters. The predicted molar refractivity (Wildman–Crippen MR) is 124 cm³/mol. The van der Waals surface area contributed by atoms with E-state index in [-0.39, 0.29) is 11.6 Å². The molecule has 0 radical (unpaired) electrons. The normalized spacial score (nSPS) is 11.1. The van der Waals surface area contributed by atoms with Gasteiger partial charge < -0.3 is 0 Å². The van der Waals surface area contributed by atoms with Gasteiger partial charge in [-0.3, -0.25) is 0 Å². The molecular formula is C28H32F2. The van der Waals surface area contributed by atoms with Crippen LogP contribution in [0.5, 0.6) is 0 Å².